The van der Waals surface area contributed by atoms with Gasteiger partial charge in [-0.3, -0.25) is 14.4 Å². The second-order valence-electron chi connectivity index (χ2n) is 22.3. The van der Waals surface area contributed by atoms with Gasteiger partial charge in [-0.15, -0.1) is 0 Å². The molecule has 6 heteroatoms. The molecule has 0 aliphatic carbocycles. The quantitative estimate of drug-likeness (QED) is 0.0343. The van der Waals surface area contributed by atoms with Crippen LogP contribution in [0.3, 0.4) is 0 Å². The van der Waals surface area contributed by atoms with Crippen LogP contribution in [0.2, 0.25) is 0 Å². The fourth-order valence-corrected chi connectivity index (χ4v) is 9.58. The molecule has 0 N–H and O–H groups in total. The summed E-state index contributed by atoms with van der Waals surface area (Å²) in [5.41, 5.74) is 0. The van der Waals surface area contributed by atoms with E-state index in [2.05, 4.69) is 34.6 Å². The van der Waals surface area contributed by atoms with Gasteiger partial charge in [-0.2, -0.15) is 0 Å². The van der Waals surface area contributed by atoms with Gasteiger partial charge >= 0.3 is 17.9 Å². The zero-order chi connectivity index (χ0) is 49.6. The summed E-state index contributed by atoms with van der Waals surface area (Å²) < 4.78 is 16.9. The van der Waals surface area contributed by atoms with Gasteiger partial charge in [-0.1, -0.05) is 311 Å². The van der Waals surface area contributed by atoms with Crippen LogP contribution >= 0.6 is 0 Å². The second-order valence-corrected chi connectivity index (χ2v) is 22.3. The van der Waals surface area contributed by atoms with Crippen molar-refractivity contribution < 1.29 is 28.6 Å². The minimum absolute atomic E-state index is 0.0623. The van der Waals surface area contributed by atoms with Gasteiger partial charge in [0.25, 0.3) is 0 Å². The van der Waals surface area contributed by atoms with Crippen molar-refractivity contribution in [3.05, 3.63) is 0 Å². The topological polar surface area (TPSA) is 78.9 Å². The molecule has 68 heavy (non-hydrogen) atoms. The van der Waals surface area contributed by atoms with E-state index in [4.69, 9.17) is 14.2 Å². The summed E-state index contributed by atoms with van der Waals surface area (Å²) in [6.07, 6.45) is 59.6. The van der Waals surface area contributed by atoms with Crippen LogP contribution in [-0.4, -0.2) is 37.2 Å². The van der Waals surface area contributed by atoms with Crippen LogP contribution in [0, 0.1) is 11.8 Å². The van der Waals surface area contributed by atoms with Crippen LogP contribution in [0.1, 0.15) is 349 Å². The van der Waals surface area contributed by atoms with Crippen molar-refractivity contribution in [3.63, 3.8) is 0 Å². The predicted molar refractivity (Wildman–Crippen MR) is 293 cm³/mol. The van der Waals surface area contributed by atoms with E-state index < -0.39 is 6.10 Å². The average molecular weight is 962 g/mol. The predicted octanol–water partition coefficient (Wildman–Crippen LogP) is 20.4. The Kier molecular flexibility index (Phi) is 53.5. The first-order valence-corrected chi connectivity index (χ1v) is 30.7. The minimum Gasteiger partial charge on any atom is -0.462 e. The molecule has 0 saturated heterocycles. The van der Waals surface area contributed by atoms with Crippen LogP contribution in [-0.2, 0) is 28.6 Å². The second kappa shape index (κ2) is 54.7. The molecule has 404 valence electrons. The summed E-state index contributed by atoms with van der Waals surface area (Å²) in [4.78, 5) is 38.2. The smallest absolute Gasteiger partial charge is 0.306 e. The van der Waals surface area contributed by atoms with Crippen LogP contribution in [0.5, 0.6) is 0 Å². The molecule has 0 bridgehead atoms. The van der Waals surface area contributed by atoms with E-state index in [9.17, 15) is 14.4 Å². The lowest BCUT2D eigenvalue weighted by Gasteiger charge is -2.18. The van der Waals surface area contributed by atoms with Crippen molar-refractivity contribution in [2.45, 2.75) is 355 Å². The van der Waals surface area contributed by atoms with Crippen molar-refractivity contribution in [3.8, 4) is 0 Å². The summed E-state index contributed by atoms with van der Waals surface area (Å²) in [5, 5.41) is 0. The van der Waals surface area contributed by atoms with Gasteiger partial charge in [-0.05, 0) is 31.1 Å². The number of rotatable bonds is 56. The molecular formula is C62H120O6. The zero-order valence-electron chi connectivity index (χ0n) is 46.7. The maximum Gasteiger partial charge on any atom is 0.306 e. The lowest BCUT2D eigenvalue weighted by atomic mass is 10.0. The molecule has 0 fully saturated rings. The number of esters is 3. The molecule has 0 aliphatic rings. The molecule has 6 nitrogen and oxygen atoms in total. The molecule has 0 aliphatic heterocycles. The number of carbonyl (C=O) groups excluding carboxylic acids is 3. The van der Waals surface area contributed by atoms with E-state index in [1.165, 1.54) is 238 Å². The van der Waals surface area contributed by atoms with Crippen LogP contribution < -0.4 is 0 Å². The Morgan fingerprint density at radius 1 is 0.279 bits per heavy atom. The van der Waals surface area contributed by atoms with Crippen LogP contribution in [0.15, 0.2) is 0 Å². The van der Waals surface area contributed by atoms with Crippen molar-refractivity contribution in [1.29, 1.82) is 0 Å². The average Bonchev–Trinajstić information content (AvgIpc) is 3.31. The number of ether oxygens (including phenoxy) is 3. The van der Waals surface area contributed by atoms with Gasteiger partial charge in [0, 0.05) is 19.3 Å². The van der Waals surface area contributed by atoms with E-state index in [0.717, 1.165) is 69.6 Å². The normalized spacial score (nSPS) is 12.0. The fourth-order valence-electron chi connectivity index (χ4n) is 9.58. The summed E-state index contributed by atoms with van der Waals surface area (Å²) in [5.74, 6) is 0.849. The number of hydrogen-bond acceptors (Lipinski definition) is 6. The molecule has 0 aromatic heterocycles. The molecule has 0 spiro atoms. The molecule has 0 unspecified atom stereocenters. The number of carbonyl (C=O) groups is 3. The Bertz CT molecular complexity index is 1040. The van der Waals surface area contributed by atoms with Crippen LogP contribution in [0.4, 0.5) is 0 Å². The van der Waals surface area contributed by atoms with E-state index in [-0.39, 0.29) is 31.1 Å². The SMILES string of the molecule is CCCCCCCCCCCCCCCCCC(=O)OC[C@H](COC(=O)CCCCCCCCCCCCCCCCCCCCC(C)C)OC(=O)CCCCCCCCCCCCCC(C)C. The maximum absolute atomic E-state index is 12.9. The Labute approximate surface area is 425 Å². The van der Waals surface area contributed by atoms with Crippen molar-refractivity contribution in [2.24, 2.45) is 11.8 Å². The Morgan fingerprint density at radius 3 is 0.721 bits per heavy atom. The summed E-state index contributed by atoms with van der Waals surface area (Å²) in [6.45, 7) is 11.4. The van der Waals surface area contributed by atoms with Crippen molar-refractivity contribution in [1.82, 2.24) is 0 Å². The lowest BCUT2D eigenvalue weighted by molar-refractivity contribution is -0.167. The third kappa shape index (κ3) is 55.3. The molecule has 1 atom stereocenters. The van der Waals surface area contributed by atoms with Gasteiger partial charge in [0.1, 0.15) is 13.2 Å². The Balaban J connectivity index is 4.25. The van der Waals surface area contributed by atoms with Gasteiger partial charge in [0.15, 0.2) is 6.10 Å². The number of hydrogen-bond donors (Lipinski definition) is 0. The summed E-state index contributed by atoms with van der Waals surface area (Å²) in [7, 11) is 0. The Morgan fingerprint density at radius 2 is 0.485 bits per heavy atom. The molecular weight excluding hydrogens is 841 g/mol. The highest BCUT2D eigenvalue weighted by atomic mass is 16.6. The van der Waals surface area contributed by atoms with Gasteiger partial charge in [0.2, 0.25) is 0 Å². The van der Waals surface area contributed by atoms with Gasteiger partial charge < -0.3 is 14.2 Å². The summed E-state index contributed by atoms with van der Waals surface area (Å²) in [6, 6.07) is 0. The third-order valence-electron chi connectivity index (χ3n) is 14.2. The first-order valence-electron chi connectivity index (χ1n) is 30.7. The zero-order valence-corrected chi connectivity index (χ0v) is 46.7. The van der Waals surface area contributed by atoms with E-state index in [1.54, 1.807) is 0 Å². The van der Waals surface area contributed by atoms with Gasteiger partial charge in [0.05, 0.1) is 0 Å². The van der Waals surface area contributed by atoms with Crippen molar-refractivity contribution in [2.75, 3.05) is 13.2 Å². The molecule has 0 heterocycles. The Hall–Kier alpha value is -1.59. The van der Waals surface area contributed by atoms with E-state index >= 15 is 0 Å². The first kappa shape index (κ1) is 66.4. The van der Waals surface area contributed by atoms with Crippen molar-refractivity contribution >= 4 is 17.9 Å². The molecule has 0 aromatic carbocycles. The fraction of sp³-hybridized carbons (Fsp3) is 0.952. The van der Waals surface area contributed by atoms with Gasteiger partial charge in [-0.25, -0.2) is 0 Å². The standard InChI is InChI=1S/C62H120O6/c1-6-7-8-9-10-11-12-13-18-22-27-32-37-42-47-52-60(63)66-55-59(68-62(65)54-49-44-39-34-29-24-26-31-36-41-46-51-58(4)5)56-67-61(64)53-48-43-38-33-28-23-20-17-15-14-16-19-21-25-30-35-40-45-50-57(2)3/h57-59H,6-56H2,1-5H3/t59-/m1/s1. The largest absolute Gasteiger partial charge is 0.462 e. The lowest BCUT2D eigenvalue weighted by Crippen LogP contribution is -2.30. The highest BCUT2D eigenvalue weighted by molar-refractivity contribution is 5.71. The highest BCUT2D eigenvalue weighted by Gasteiger charge is 2.19. The van der Waals surface area contributed by atoms with Crippen LogP contribution in [0.25, 0.3) is 0 Å². The van der Waals surface area contributed by atoms with E-state index in [1.807, 2.05) is 0 Å². The number of unbranched alkanes of at least 4 members (excludes halogenated alkanes) is 41. The first-order chi connectivity index (χ1) is 33.2. The third-order valence-corrected chi connectivity index (χ3v) is 14.2. The molecule has 0 rings (SSSR count). The molecule has 0 radical (unpaired) electrons. The highest BCUT2D eigenvalue weighted by Crippen LogP contribution is 2.19. The summed E-state index contributed by atoms with van der Waals surface area (Å²) >= 11 is 0. The molecule has 0 aromatic rings. The maximum atomic E-state index is 12.9. The molecule has 0 amide bonds. The monoisotopic (exact) mass is 961 g/mol. The van der Waals surface area contributed by atoms with E-state index in [0.29, 0.717) is 19.3 Å². The molecule has 0 saturated carbocycles. The minimum atomic E-state index is -0.763.